The summed E-state index contributed by atoms with van der Waals surface area (Å²) in [5, 5.41) is 17.0. The van der Waals surface area contributed by atoms with E-state index in [4.69, 9.17) is 0 Å². The number of rotatable bonds is 5. The highest BCUT2D eigenvalue weighted by molar-refractivity contribution is 5.94. The summed E-state index contributed by atoms with van der Waals surface area (Å²) in [4.78, 5) is 24.3. The lowest BCUT2D eigenvalue weighted by molar-refractivity contribution is -0.122. The summed E-state index contributed by atoms with van der Waals surface area (Å²) in [6, 6.07) is 4.13. The van der Waals surface area contributed by atoms with Crippen molar-refractivity contribution >= 4 is 11.8 Å². The first-order valence-corrected chi connectivity index (χ1v) is 9.17. The normalized spacial score (nSPS) is 19.5. The number of benzene rings is 1. The molecule has 1 aromatic heterocycles. The Morgan fingerprint density at radius 2 is 2.11 bits per heavy atom. The second-order valence-corrected chi connectivity index (χ2v) is 7.59. The summed E-state index contributed by atoms with van der Waals surface area (Å²) >= 11 is 0. The largest absolute Gasteiger partial charge is 0.358 e. The highest BCUT2D eigenvalue weighted by Gasteiger charge is 2.32. The zero-order valence-corrected chi connectivity index (χ0v) is 16.4. The molecule has 3 rings (SSSR count). The van der Waals surface area contributed by atoms with Crippen molar-refractivity contribution < 1.29 is 14.0 Å². The van der Waals surface area contributed by atoms with Gasteiger partial charge in [-0.3, -0.25) is 9.59 Å². The molecule has 0 radical (unpaired) electrons. The number of hydrogen-bond donors (Lipinski definition) is 3. The Morgan fingerprint density at radius 3 is 2.79 bits per heavy atom. The van der Waals surface area contributed by atoms with E-state index in [2.05, 4.69) is 26.3 Å². The predicted molar refractivity (Wildman–Crippen MR) is 101 cm³/mol. The van der Waals surface area contributed by atoms with Gasteiger partial charge in [-0.25, -0.2) is 9.07 Å². The van der Waals surface area contributed by atoms with Gasteiger partial charge in [-0.1, -0.05) is 11.3 Å². The van der Waals surface area contributed by atoms with Gasteiger partial charge < -0.3 is 16.0 Å². The number of likely N-dealkylation sites (N-methyl/N-ethyl adjacent to an activating group) is 1. The van der Waals surface area contributed by atoms with E-state index in [0.717, 1.165) is 0 Å². The van der Waals surface area contributed by atoms with E-state index in [0.29, 0.717) is 24.2 Å². The molecule has 0 unspecified atom stereocenters. The molecule has 1 fully saturated rings. The molecule has 0 bridgehead atoms. The Labute approximate surface area is 162 Å². The smallest absolute Gasteiger partial charge is 0.252 e. The van der Waals surface area contributed by atoms with Crippen LogP contribution in [-0.2, 0) is 10.3 Å². The molecular formula is C19H25FN6O2. The molecule has 0 aliphatic carbocycles. The Morgan fingerprint density at radius 1 is 1.36 bits per heavy atom. The van der Waals surface area contributed by atoms with Crippen LogP contribution >= 0.6 is 0 Å². The Kier molecular flexibility index (Phi) is 5.46. The minimum atomic E-state index is -0.803. The molecule has 8 nitrogen and oxygen atoms in total. The van der Waals surface area contributed by atoms with Crippen LogP contribution in [0.1, 0.15) is 47.9 Å². The third kappa shape index (κ3) is 4.04. The predicted octanol–water partition coefficient (Wildman–Crippen LogP) is 1.04. The van der Waals surface area contributed by atoms with Gasteiger partial charge in [0.1, 0.15) is 11.5 Å². The molecule has 0 saturated carbocycles. The van der Waals surface area contributed by atoms with Crippen molar-refractivity contribution in [2.45, 2.75) is 44.8 Å². The van der Waals surface area contributed by atoms with Crippen molar-refractivity contribution in [1.82, 2.24) is 30.9 Å². The first kappa shape index (κ1) is 19.9. The van der Waals surface area contributed by atoms with Crippen LogP contribution in [0.4, 0.5) is 4.39 Å². The van der Waals surface area contributed by atoms with E-state index in [1.807, 2.05) is 13.8 Å². The van der Waals surface area contributed by atoms with E-state index in [1.165, 1.54) is 6.07 Å². The van der Waals surface area contributed by atoms with E-state index in [1.54, 1.807) is 37.0 Å². The fraction of sp³-hybridized carbons (Fsp3) is 0.474. The van der Waals surface area contributed by atoms with Gasteiger partial charge in [0.25, 0.3) is 5.91 Å². The lowest BCUT2D eigenvalue weighted by Crippen LogP contribution is -2.41. The molecule has 1 aliphatic rings. The van der Waals surface area contributed by atoms with Gasteiger partial charge in [0.15, 0.2) is 0 Å². The second kappa shape index (κ2) is 7.67. The lowest BCUT2D eigenvalue weighted by Gasteiger charge is -2.24. The van der Waals surface area contributed by atoms with Crippen molar-refractivity contribution in [3.8, 4) is 0 Å². The van der Waals surface area contributed by atoms with Gasteiger partial charge in [-0.2, -0.15) is 0 Å². The number of nitrogens with zero attached hydrogens (tertiary/aromatic N) is 3. The second-order valence-electron chi connectivity index (χ2n) is 7.59. The van der Waals surface area contributed by atoms with Gasteiger partial charge in [0.2, 0.25) is 5.91 Å². The molecule has 9 heteroatoms. The third-order valence-corrected chi connectivity index (χ3v) is 5.06. The number of carbonyl (C=O) groups is 2. The van der Waals surface area contributed by atoms with E-state index in [-0.39, 0.29) is 29.5 Å². The third-order valence-electron chi connectivity index (χ3n) is 5.06. The van der Waals surface area contributed by atoms with Crippen LogP contribution < -0.4 is 16.0 Å². The summed E-state index contributed by atoms with van der Waals surface area (Å²) in [7, 11) is 1.61. The minimum absolute atomic E-state index is 0.00115. The zero-order chi connectivity index (χ0) is 20.5. The van der Waals surface area contributed by atoms with Crippen molar-refractivity contribution in [1.29, 1.82) is 0 Å². The van der Waals surface area contributed by atoms with Crippen LogP contribution in [0.25, 0.3) is 0 Å². The summed E-state index contributed by atoms with van der Waals surface area (Å²) < 4.78 is 15.5. The SMILES string of the molecule is CNC(=O)[C@@H]1C[C@@H](n2cc(C(C)(C)NC(=O)c3ccc(C)c(F)c3)nn2)CN1. The van der Waals surface area contributed by atoms with Crippen molar-refractivity contribution in [2.75, 3.05) is 13.6 Å². The van der Waals surface area contributed by atoms with E-state index >= 15 is 0 Å². The lowest BCUT2D eigenvalue weighted by atomic mass is 10.0. The number of hydrogen-bond acceptors (Lipinski definition) is 5. The molecule has 2 heterocycles. The van der Waals surface area contributed by atoms with Gasteiger partial charge >= 0.3 is 0 Å². The quantitative estimate of drug-likeness (QED) is 0.711. The Bertz CT molecular complexity index is 894. The summed E-state index contributed by atoms with van der Waals surface area (Å²) in [5.74, 6) is -0.864. The van der Waals surface area contributed by atoms with Gasteiger partial charge in [0, 0.05) is 19.2 Å². The molecule has 1 aromatic carbocycles. The zero-order valence-electron chi connectivity index (χ0n) is 16.4. The van der Waals surface area contributed by atoms with Crippen LogP contribution in [0.15, 0.2) is 24.4 Å². The van der Waals surface area contributed by atoms with Gasteiger partial charge in [-0.05, 0) is 44.9 Å². The molecule has 1 aliphatic heterocycles. The molecule has 1 saturated heterocycles. The molecule has 2 aromatic rings. The number of aromatic nitrogens is 3. The van der Waals surface area contributed by atoms with Crippen LogP contribution in [0.3, 0.4) is 0 Å². The highest BCUT2D eigenvalue weighted by atomic mass is 19.1. The van der Waals surface area contributed by atoms with Gasteiger partial charge in [-0.15, -0.1) is 5.10 Å². The van der Waals surface area contributed by atoms with Crippen LogP contribution in [0.5, 0.6) is 0 Å². The molecule has 3 N–H and O–H groups in total. The first-order chi connectivity index (χ1) is 13.2. The molecule has 28 heavy (non-hydrogen) atoms. The highest BCUT2D eigenvalue weighted by Crippen LogP contribution is 2.23. The van der Waals surface area contributed by atoms with Crippen LogP contribution in [-0.4, -0.2) is 46.4 Å². The average molecular weight is 388 g/mol. The maximum atomic E-state index is 13.7. The molecule has 150 valence electrons. The summed E-state index contributed by atoms with van der Waals surface area (Å²) in [6.45, 7) is 5.87. The minimum Gasteiger partial charge on any atom is -0.358 e. The topological polar surface area (TPSA) is 101 Å². The van der Waals surface area contributed by atoms with E-state index in [9.17, 15) is 14.0 Å². The number of amides is 2. The van der Waals surface area contributed by atoms with Gasteiger partial charge in [0.05, 0.1) is 23.8 Å². The number of aryl methyl sites for hydroxylation is 1. The molecule has 0 spiro atoms. The maximum Gasteiger partial charge on any atom is 0.252 e. The number of halogens is 1. The van der Waals surface area contributed by atoms with Crippen LogP contribution in [0, 0.1) is 12.7 Å². The molecule has 2 amide bonds. The average Bonchev–Trinajstić information content (AvgIpc) is 3.32. The Balaban J connectivity index is 1.70. The first-order valence-electron chi connectivity index (χ1n) is 9.17. The number of carbonyl (C=O) groups excluding carboxylic acids is 2. The molecular weight excluding hydrogens is 363 g/mol. The van der Waals surface area contributed by atoms with Crippen molar-refractivity contribution in [3.63, 3.8) is 0 Å². The maximum absolute atomic E-state index is 13.7. The van der Waals surface area contributed by atoms with Crippen molar-refractivity contribution in [2.24, 2.45) is 0 Å². The molecule has 2 atom stereocenters. The van der Waals surface area contributed by atoms with E-state index < -0.39 is 11.4 Å². The monoisotopic (exact) mass is 388 g/mol. The Hall–Kier alpha value is -2.81. The van der Waals surface area contributed by atoms with Crippen molar-refractivity contribution in [3.05, 3.63) is 47.0 Å². The summed E-state index contributed by atoms with van der Waals surface area (Å²) in [6.07, 6.45) is 2.38. The fourth-order valence-electron chi connectivity index (χ4n) is 3.19. The summed E-state index contributed by atoms with van der Waals surface area (Å²) in [5.41, 5.74) is 0.510. The number of nitrogens with one attached hydrogen (secondary N) is 3. The fourth-order valence-corrected chi connectivity index (χ4v) is 3.19. The van der Waals surface area contributed by atoms with Crippen LogP contribution in [0.2, 0.25) is 0 Å². The standard InChI is InChI=1S/C19H25FN6O2/c1-11-5-6-12(7-14(11)20)17(27)23-19(2,3)16-10-26(25-24-16)13-8-15(22-9-13)18(28)21-4/h5-7,10,13,15,22H,8-9H2,1-4H3,(H,21,28)(H,23,27)/t13-,15+/m1/s1.